The van der Waals surface area contributed by atoms with Gasteiger partial charge >= 0.3 is 0 Å². The van der Waals surface area contributed by atoms with Gasteiger partial charge in [-0.3, -0.25) is 4.79 Å². The van der Waals surface area contributed by atoms with E-state index >= 15 is 0 Å². The lowest BCUT2D eigenvalue weighted by molar-refractivity contribution is -0.136. The Kier molecular flexibility index (Phi) is 4.93. The second-order valence-electron chi connectivity index (χ2n) is 8.06. The summed E-state index contributed by atoms with van der Waals surface area (Å²) in [6, 6.07) is 4.46. The van der Waals surface area contributed by atoms with Gasteiger partial charge in [0.1, 0.15) is 5.82 Å². The molecule has 4 heterocycles. The fourth-order valence-corrected chi connectivity index (χ4v) is 4.53. The average Bonchev–Trinajstić information content (AvgIpc) is 3.08. The van der Waals surface area contributed by atoms with Gasteiger partial charge in [0.05, 0.1) is 5.92 Å². The van der Waals surface area contributed by atoms with Crippen LogP contribution in [0.1, 0.15) is 36.9 Å². The van der Waals surface area contributed by atoms with Crippen molar-refractivity contribution < 1.29 is 4.79 Å². The molecule has 0 saturated carbocycles. The third kappa shape index (κ3) is 3.81. The molecule has 0 spiro atoms. The minimum Gasteiger partial charge on any atom is -0.370 e. The standard InChI is InChI=1S/C20H30N4O/c1-23-10-8-17(14-23)20(25)24-11-6-15(7-12-24)13-18-5-4-16-3-2-9-21-19(16)22-18/h4-5,15,17H,2-3,6-14H2,1H3,(H,21,22)/t17-/m1/s1. The van der Waals surface area contributed by atoms with Crippen LogP contribution < -0.4 is 5.32 Å². The van der Waals surface area contributed by atoms with Crippen molar-refractivity contribution in [2.24, 2.45) is 11.8 Å². The zero-order chi connectivity index (χ0) is 17.2. The summed E-state index contributed by atoms with van der Waals surface area (Å²) in [4.78, 5) is 21.9. The number of anilines is 1. The van der Waals surface area contributed by atoms with Crippen LogP contribution in [0.25, 0.3) is 0 Å². The van der Waals surface area contributed by atoms with Crippen molar-refractivity contribution in [3.8, 4) is 0 Å². The summed E-state index contributed by atoms with van der Waals surface area (Å²) in [6.07, 6.45) is 6.65. The number of carbonyl (C=O) groups excluding carboxylic acids is 1. The number of fused-ring (bicyclic) bond motifs is 1. The van der Waals surface area contributed by atoms with Gasteiger partial charge in [0.2, 0.25) is 5.91 Å². The predicted molar refractivity (Wildman–Crippen MR) is 99.7 cm³/mol. The summed E-state index contributed by atoms with van der Waals surface area (Å²) in [5.41, 5.74) is 2.56. The lowest BCUT2D eigenvalue weighted by Crippen LogP contribution is -2.42. The summed E-state index contributed by atoms with van der Waals surface area (Å²) in [6.45, 7) is 4.88. The molecule has 136 valence electrons. The zero-order valence-electron chi connectivity index (χ0n) is 15.3. The van der Waals surface area contributed by atoms with Gasteiger partial charge in [-0.1, -0.05) is 6.07 Å². The predicted octanol–water partition coefficient (Wildman–Crippen LogP) is 2.17. The summed E-state index contributed by atoms with van der Waals surface area (Å²) >= 11 is 0. The summed E-state index contributed by atoms with van der Waals surface area (Å²) in [5, 5.41) is 3.43. The Morgan fingerprint density at radius 2 is 2.08 bits per heavy atom. The highest BCUT2D eigenvalue weighted by atomic mass is 16.2. The minimum atomic E-state index is 0.231. The molecule has 1 amide bonds. The van der Waals surface area contributed by atoms with Crippen molar-refractivity contribution in [1.29, 1.82) is 0 Å². The molecule has 25 heavy (non-hydrogen) atoms. The number of aromatic nitrogens is 1. The highest BCUT2D eigenvalue weighted by molar-refractivity contribution is 5.79. The normalized spacial score (nSPS) is 24.8. The molecule has 2 fully saturated rings. The first-order chi connectivity index (χ1) is 12.2. The lowest BCUT2D eigenvalue weighted by atomic mass is 9.91. The van der Waals surface area contributed by atoms with Gasteiger partial charge < -0.3 is 15.1 Å². The molecule has 0 aliphatic carbocycles. The van der Waals surface area contributed by atoms with Gasteiger partial charge in [0.25, 0.3) is 0 Å². The van der Waals surface area contributed by atoms with Gasteiger partial charge in [-0.2, -0.15) is 0 Å². The Labute approximate surface area is 150 Å². The third-order valence-corrected chi connectivity index (χ3v) is 6.12. The molecular weight excluding hydrogens is 312 g/mol. The summed E-state index contributed by atoms with van der Waals surface area (Å²) in [5.74, 6) is 2.38. The van der Waals surface area contributed by atoms with Crippen LogP contribution in [0, 0.1) is 11.8 Å². The molecule has 1 atom stereocenters. The van der Waals surface area contributed by atoms with Crippen molar-refractivity contribution >= 4 is 11.7 Å². The molecule has 0 radical (unpaired) electrons. The molecule has 2 saturated heterocycles. The largest absolute Gasteiger partial charge is 0.370 e. The number of hydrogen-bond donors (Lipinski definition) is 1. The Bertz CT molecular complexity index is 624. The van der Waals surface area contributed by atoms with Crippen molar-refractivity contribution in [2.75, 3.05) is 45.1 Å². The van der Waals surface area contributed by atoms with Gasteiger partial charge in [-0.05, 0) is 69.7 Å². The van der Waals surface area contributed by atoms with Crippen molar-refractivity contribution in [2.45, 2.75) is 38.5 Å². The molecule has 5 heteroatoms. The van der Waals surface area contributed by atoms with E-state index in [1.165, 1.54) is 17.7 Å². The highest BCUT2D eigenvalue weighted by Gasteiger charge is 2.32. The van der Waals surface area contributed by atoms with E-state index in [2.05, 4.69) is 34.3 Å². The number of amides is 1. The SMILES string of the molecule is CN1CC[C@@H](C(=O)N2CCC(Cc3ccc4c(n3)NCCC4)CC2)C1. The number of likely N-dealkylation sites (tertiary alicyclic amines) is 2. The summed E-state index contributed by atoms with van der Waals surface area (Å²) in [7, 11) is 2.11. The van der Waals surface area contributed by atoms with Crippen LogP contribution in [0.5, 0.6) is 0 Å². The van der Waals surface area contributed by atoms with E-state index in [-0.39, 0.29) is 5.92 Å². The zero-order valence-corrected chi connectivity index (χ0v) is 15.3. The number of carbonyl (C=O) groups is 1. The highest BCUT2D eigenvalue weighted by Crippen LogP contribution is 2.26. The topological polar surface area (TPSA) is 48.5 Å². The van der Waals surface area contributed by atoms with E-state index in [0.717, 1.165) is 70.6 Å². The van der Waals surface area contributed by atoms with Gasteiger partial charge in [-0.25, -0.2) is 4.98 Å². The Hall–Kier alpha value is -1.62. The van der Waals surface area contributed by atoms with E-state index in [0.29, 0.717) is 11.8 Å². The van der Waals surface area contributed by atoms with Crippen LogP contribution in [-0.4, -0.2) is 60.5 Å². The van der Waals surface area contributed by atoms with Gasteiger partial charge in [-0.15, -0.1) is 0 Å². The molecule has 0 aromatic carbocycles. The number of rotatable bonds is 3. The maximum absolute atomic E-state index is 12.7. The van der Waals surface area contributed by atoms with Crippen LogP contribution >= 0.6 is 0 Å². The van der Waals surface area contributed by atoms with E-state index < -0.39 is 0 Å². The lowest BCUT2D eigenvalue weighted by Gasteiger charge is -2.33. The van der Waals surface area contributed by atoms with Crippen LogP contribution in [0.2, 0.25) is 0 Å². The average molecular weight is 342 g/mol. The number of nitrogens with zero attached hydrogens (tertiary/aromatic N) is 3. The fourth-order valence-electron chi connectivity index (χ4n) is 4.53. The molecule has 1 aromatic heterocycles. The molecule has 1 aromatic rings. The maximum Gasteiger partial charge on any atom is 0.227 e. The molecule has 0 bridgehead atoms. The van der Waals surface area contributed by atoms with Gasteiger partial charge in [0, 0.05) is 31.9 Å². The van der Waals surface area contributed by atoms with E-state index in [1.54, 1.807) is 0 Å². The van der Waals surface area contributed by atoms with Crippen molar-refractivity contribution in [3.05, 3.63) is 23.4 Å². The Morgan fingerprint density at radius 3 is 2.84 bits per heavy atom. The number of nitrogens with one attached hydrogen (secondary N) is 1. The van der Waals surface area contributed by atoms with Crippen LogP contribution in [0.15, 0.2) is 12.1 Å². The van der Waals surface area contributed by atoms with Crippen molar-refractivity contribution in [3.63, 3.8) is 0 Å². The molecule has 4 rings (SSSR count). The third-order valence-electron chi connectivity index (χ3n) is 6.12. The van der Waals surface area contributed by atoms with E-state index in [9.17, 15) is 4.79 Å². The monoisotopic (exact) mass is 342 g/mol. The molecule has 5 nitrogen and oxygen atoms in total. The van der Waals surface area contributed by atoms with Crippen molar-refractivity contribution in [1.82, 2.24) is 14.8 Å². The number of pyridine rings is 1. The van der Waals surface area contributed by atoms with Gasteiger partial charge in [0.15, 0.2) is 0 Å². The van der Waals surface area contributed by atoms with E-state index in [4.69, 9.17) is 4.98 Å². The first-order valence-electron chi connectivity index (χ1n) is 9.89. The fraction of sp³-hybridized carbons (Fsp3) is 0.700. The second-order valence-corrected chi connectivity index (χ2v) is 8.06. The smallest absolute Gasteiger partial charge is 0.227 e. The number of piperidine rings is 1. The van der Waals surface area contributed by atoms with Crippen LogP contribution in [0.4, 0.5) is 5.82 Å². The Morgan fingerprint density at radius 1 is 1.24 bits per heavy atom. The molecule has 0 unspecified atom stereocenters. The maximum atomic E-state index is 12.7. The van der Waals surface area contributed by atoms with Crippen LogP contribution in [0.3, 0.4) is 0 Å². The van der Waals surface area contributed by atoms with Crippen LogP contribution in [-0.2, 0) is 17.6 Å². The minimum absolute atomic E-state index is 0.231. The first-order valence-corrected chi connectivity index (χ1v) is 9.89. The summed E-state index contributed by atoms with van der Waals surface area (Å²) < 4.78 is 0. The number of hydrogen-bond acceptors (Lipinski definition) is 4. The Balaban J connectivity index is 1.29. The molecule has 3 aliphatic rings. The number of aryl methyl sites for hydroxylation is 1. The molecule has 1 N–H and O–H groups in total. The molecular formula is C20H30N4O. The quantitative estimate of drug-likeness (QED) is 0.915. The second kappa shape index (κ2) is 7.32. The molecule has 3 aliphatic heterocycles. The van der Waals surface area contributed by atoms with E-state index in [1.807, 2.05) is 0 Å². The first kappa shape index (κ1) is 16.8.